The number of rotatable bonds is 7. The maximum atomic E-state index is 13.4. The van der Waals surface area contributed by atoms with Crippen LogP contribution in [0.4, 0.5) is 5.13 Å². The molecule has 1 amide bonds. The highest BCUT2D eigenvalue weighted by molar-refractivity contribution is 7.89. The van der Waals surface area contributed by atoms with Crippen molar-refractivity contribution in [2.24, 2.45) is 0 Å². The predicted octanol–water partition coefficient (Wildman–Crippen LogP) is 3.76. The summed E-state index contributed by atoms with van der Waals surface area (Å²) in [6, 6.07) is 14.0. The van der Waals surface area contributed by atoms with Crippen molar-refractivity contribution < 1.29 is 17.9 Å². The van der Waals surface area contributed by atoms with Gasteiger partial charge in [-0.3, -0.25) is 9.69 Å². The van der Waals surface area contributed by atoms with Gasteiger partial charge in [0.05, 0.1) is 28.3 Å². The summed E-state index contributed by atoms with van der Waals surface area (Å²) >= 11 is 1.42. The number of para-hydroxylation sites is 1. The normalized spacial score (nSPS) is 15.3. The third-order valence-corrected chi connectivity index (χ3v) is 8.27. The molecule has 0 bridgehead atoms. The number of fused-ring (bicyclic) bond motifs is 1. The van der Waals surface area contributed by atoms with Crippen LogP contribution in [0.5, 0.6) is 0 Å². The monoisotopic (exact) mass is 459 g/mol. The van der Waals surface area contributed by atoms with Crippen molar-refractivity contribution in [3.63, 3.8) is 0 Å². The van der Waals surface area contributed by atoms with Gasteiger partial charge in [0, 0.05) is 25.8 Å². The first-order valence-electron chi connectivity index (χ1n) is 10.3. The lowest BCUT2D eigenvalue weighted by atomic mass is 10.2. The Kier molecular flexibility index (Phi) is 6.66. The number of methoxy groups -OCH3 is 1. The predicted molar refractivity (Wildman–Crippen MR) is 122 cm³/mol. The second kappa shape index (κ2) is 9.44. The molecule has 2 aromatic carbocycles. The third kappa shape index (κ3) is 4.64. The third-order valence-electron chi connectivity index (χ3n) is 5.31. The first-order chi connectivity index (χ1) is 15.0. The zero-order chi connectivity index (χ0) is 21.8. The molecule has 31 heavy (non-hydrogen) atoms. The number of thiazole rings is 1. The number of piperidine rings is 1. The highest BCUT2D eigenvalue weighted by Crippen LogP contribution is 2.30. The molecular formula is C22H25N3O4S2. The van der Waals surface area contributed by atoms with E-state index < -0.39 is 10.0 Å². The van der Waals surface area contributed by atoms with Crippen molar-refractivity contribution in [1.29, 1.82) is 0 Å². The average molecular weight is 460 g/mol. The van der Waals surface area contributed by atoms with Crippen LogP contribution in [0.15, 0.2) is 53.4 Å². The molecule has 0 aliphatic carbocycles. The van der Waals surface area contributed by atoms with Gasteiger partial charge in [-0.15, -0.1) is 0 Å². The van der Waals surface area contributed by atoms with Crippen LogP contribution < -0.4 is 4.90 Å². The smallest absolute Gasteiger partial charge is 0.260 e. The lowest BCUT2D eigenvalue weighted by molar-refractivity contribution is 0.0975. The molecule has 164 valence electrons. The Morgan fingerprint density at radius 3 is 2.65 bits per heavy atom. The Morgan fingerprint density at radius 1 is 1.13 bits per heavy atom. The maximum Gasteiger partial charge on any atom is 0.260 e. The van der Waals surface area contributed by atoms with E-state index >= 15 is 0 Å². The van der Waals surface area contributed by atoms with Gasteiger partial charge in [-0.2, -0.15) is 4.31 Å². The number of anilines is 1. The van der Waals surface area contributed by atoms with E-state index in [0.29, 0.717) is 36.9 Å². The van der Waals surface area contributed by atoms with E-state index in [9.17, 15) is 13.2 Å². The van der Waals surface area contributed by atoms with Crippen molar-refractivity contribution in [1.82, 2.24) is 9.29 Å². The molecule has 3 aromatic rings. The van der Waals surface area contributed by atoms with Gasteiger partial charge < -0.3 is 4.74 Å². The van der Waals surface area contributed by atoms with Crippen LogP contribution in [0.2, 0.25) is 0 Å². The molecule has 1 fully saturated rings. The topological polar surface area (TPSA) is 79.8 Å². The molecule has 0 spiro atoms. The largest absolute Gasteiger partial charge is 0.383 e. The number of nitrogens with zero attached hydrogens (tertiary/aromatic N) is 3. The molecule has 1 aromatic heterocycles. The van der Waals surface area contributed by atoms with E-state index in [-0.39, 0.29) is 10.8 Å². The van der Waals surface area contributed by atoms with E-state index in [1.54, 1.807) is 30.2 Å². The molecule has 1 aliphatic rings. The SMILES string of the molecule is COCCN(C(=O)c1cccc(S(=O)(=O)N2CCCCC2)c1)c1nc2ccccc2s1. The van der Waals surface area contributed by atoms with Gasteiger partial charge in [0.25, 0.3) is 5.91 Å². The van der Waals surface area contributed by atoms with Crippen LogP contribution in [-0.4, -0.2) is 57.0 Å². The number of benzene rings is 2. The molecule has 0 N–H and O–H groups in total. The molecule has 0 saturated carbocycles. The van der Waals surface area contributed by atoms with Crippen molar-refractivity contribution >= 4 is 42.6 Å². The molecule has 1 saturated heterocycles. The van der Waals surface area contributed by atoms with E-state index in [0.717, 1.165) is 29.5 Å². The number of hydrogen-bond donors (Lipinski definition) is 0. The average Bonchev–Trinajstić information content (AvgIpc) is 3.24. The van der Waals surface area contributed by atoms with Crippen molar-refractivity contribution in [3.05, 3.63) is 54.1 Å². The summed E-state index contributed by atoms with van der Waals surface area (Å²) in [4.78, 5) is 19.7. The molecule has 0 radical (unpaired) electrons. The van der Waals surface area contributed by atoms with Crippen molar-refractivity contribution in [3.8, 4) is 0 Å². The van der Waals surface area contributed by atoms with Gasteiger partial charge in [0.2, 0.25) is 10.0 Å². The first-order valence-corrected chi connectivity index (χ1v) is 12.5. The van der Waals surface area contributed by atoms with Gasteiger partial charge >= 0.3 is 0 Å². The Bertz CT molecular complexity index is 1140. The summed E-state index contributed by atoms with van der Waals surface area (Å²) < 4.78 is 33.8. The highest BCUT2D eigenvalue weighted by Gasteiger charge is 2.28. The molecule has 0 atom stereocenters. The van der Waals surface area contributed by atoms with Gasteiger partial charge in [0.15, 0.2) is 5.13 Å². The minimum Gasteiger partial charge on any atom is -0.383 e. The molecule has 7 nitrogen and oxygen atoms in total. The van der Waals surface area contributed by atoms with Crippen LogP contribution in [-0.2, 0) is 14.8 Å². The summed E-state index contributed by atoms with van der Waals surface area (Å²) in [6.07, 6.45) is 2.77. The summed E-state index contributed by atoms with van der Waals surface area (Å²) in [7, 11) is -2.04. The van der Waals surface area contributed by atoms with Crippen molar-refractivity contribution in [2.75, 3.05) is 38.3 Å². The molecule has 0 unspecified atom stereocenters. The van der Waals surface area contributed by atoms with Crippen LogP contribution in [0, 0.1) is 0 Å². The molecule has 9 heteroatoms. The Labute approximate surface area is 186 Å². The molecule has 1 aliphatic heterocycles. The minimum absolute atomic E-state index is 0.149. The zero-order valence-electron chi connectivity index (χ0n) is 17.4. The fourth-order valence-corrected chi connectivity index (χ4v) is 6.20. The quantitative estimate of drug-likeness (QED) is 0.537. The van der Waals surface area contributed by atoms with E-state index in [4.69, 9.17) is 4.74 Å². The van der Waals surface area contributed by atoms with Crippen LogP contribution in [0.25, 0.3) is 10.2 Å². The van der Waals surface area contributed by atoms with Crippen LogP contribution in [0.3, 0.4) is 0 Å². The van der Waals surface area contributed by atoms with E-state index in [1.807, 2.05) is 24.3 Å². The molecule has 4 rings (SSSR count). The minimum atomic E-state index is -3.62. The number of carbonyl (C=O) groups excluding carboxylic acids is 1. The van der Waals surface area contributed by atoms with Gasteiger partial charge in [-0.05, 0) is 43.2 Å². The van der Waals surface area contributed by atoms with Crippen LogP contribution >= 0.6 is 11.3 Å². The first kappa shape index (κ1) is 21.9. The summed E-state index contributed by atoms with van der Waals surface area (Å²) in [5.41, 5.74) is 1.13. The van der Waals surface area contributed by atoms with E-state index in [2.05, 4.69) is 4.98 Å². The van der Waals surface area contributed by atoms with Gasteiger partial charge in [0.1, 0.15) is 0 Å². The Morgan fingerprint density at radius 2 is 1.90 bits per heavy atom. The maximum absolute atomic E-state index is 13.4. The highest BCUT2D eigenvalue weighted by atomic mass is 32.2. The van der Waals surface area contributed by atoms with E-state index in [1.165, 1.54) is 21.7 Å². The lowest BCUT2D eigenvalue weighted by Crippen LogP contribution is -2.36. The lowest BCUT2D eigenvalue weighted by Gasteiger charge is -2.26. The Hall–Kier alpha value is -2.33. The summed E-state index contributed by atoms with van der Waals surface area (Å²) in [5, 5.41) is 0.563. The molecule has 2 heterocycles. The fourth-order valence-electron chi connectivity index (χ4n) is 3.64. The van der Waals surface area contributed by atoms with Gasteiger partial charge in [-0.25, -0.2) is 13.4 Å². The van der Waals surface area contributed by atoms with Crippen molar-refractivity contribution in [2.45, 2.75) is 24.2 Å². The number of sulfonamides is 1. The summed E-state index contributed by atoms with van der Waals surface area (Å²) in [5.74, 6) is -0.299. The number of hydrogen-bond acceptors (Lipinski definition) is 6. The van der Waals surface area contributed by atoms with Crippen LogP contribution in [0.1, 0.15) is 29.6 Å². The second-order valence-electron chi connectivity index (χ2n) is 7.41. The standard InChI is InChI=1S/C22H25N3O4S2/c1-29-15-14-25(22-23-19-10-3-4-11-20(19)30-22)21(26)17-8-7-9-18(16-17)31(27,28)24-12-5-2-6-13-24/h3-4,7-11,16H,2,5-6,12-15H2,1H3. The Balaban J connectivity index is 1.66. The number of aromatic nitrogens is 1. The molecular weight excluding hydrogens is 434 g/mol. The number of amides is 1. The fraction of sp³-hybridized carbons (Fsp3) is 0.364. The zero-order valence-corrected chi connectivity index (χ0v) is 19.0. The number of ether oxygens (including phenoxy) is 1. The number of carbonyl (C=O) groups is 1. The second-order valence-corrected chi connectivity index (χ2v) is 10.4. The summed E-state index contributed by atoms with van der Waals surface area (Å²) in [6.45, 7) is 1.70. The van der Waals surface area contributed by atoms with Gasteiger partial charge in [-0.1, -0.05) is 36.0 Å².